The molecule has 1 heterocycles. The van der Waals surface area contributed by atoms with Crippen molar-refractivity contribution in [2.75, 3.05) is 47.1 Å². The number of hydrogen-bond acceptors (Lipinski definition) is 6. The summed E-state index contributed by atoms with van der Waals surface area (Å²) >= 11 is 0. The minimum atomic E-state index is -0.394. The smallest absolute Gasteiger partial charge is 0.253 e. The van der Waals surface area contributed by atoms with Crippen LogP contribution < -0.4 is 14.8 Å². The molecule has 0 bridgehead atoms. The molecule has 1 aromatic carbocycles. The Kier molecular flexibility index (Phi) is 9.31. The van der Waals surface area contributed by atoms with Crippen LogP contribution in [0.1, 0.15) is 24.8 Å². The minimum Gasteiger partial charge on any atom is -0.497 e. The van der Waals surface area contributed by atoms with Gasteiger partial charge in [-0.25, -0.2) is 0 Å². The number of carbonyl (C=O) groups excluding carboxylic acids is 1. The molecule has 1 aromatic rings. The molecule has 1 saturated carbocycles. The zero-order chi connectivity index (χ0) is 19.1. The van der Waals surface area contributed by atoms with E-state index in [0.717, 1.165) is 42.9 Å². The van der Waals surface area contributed by atoms with Crippen molar-refractivity contribution < 1.29 is 23.7 Å². The molecule has 0 aromatic heterocycles. The lowest BCUT2D eigenvalue weighted by molar-refractivity contribution is -0.146. The summed E-state index contributed by atoms with van der Waals surface area (Å²) < 4.78 is 22.0. The van der Waals surface area contributed by atoms with Crippen LogP contribution in [0, 0.1) is 0 Å². The maximum atomic E-state index is 13.0. The van der Waals surface area contributed by atoms with E-state index in [1.807, 2.05) is 23.1 Å². The largest absolute Gasteiger partial charge is 0.497 e. The topological polar surface area (TPSA) is 69.3 Å². The molecule has 3 rings (SSSR count). The van der Waals surface area contributed by atoms with Crippen LogP contribution in [-0.4, -0.2) is 70.1 Å². The maximum absolute atomic E-state index is 13.0. The Morgan fingerprint density at radius 2 is 2.00 bits per heavy atom. The third kappa shape index (κ3) is 6.51. The fourth-order valence-corrected chi connectivity index (χ4v) is 3.20. The lowest BCUT2D eigenvalue weighted by Gasteiger charge is -2.30. The molecule has 158 valence electrons. The van der Waals surface area contributed by atoms with Crippen LogP contribution in [0.2, 0.25) is 0 Å². The molecule has 1 aliphatic heterocycles. The summed E-state index contributed by atoms with van der Waals surface area (Å²) in [4.78, 5) is 14.9. The number of rotatable bonds is 10. The van der Waals surface area contributed by atoms with Crippen molar-refractivity contribution in [3.8, 4) is 11.5 Å². The van der Waals surface area contributed by atoms with Gasteiger partial charge in [0.25, 0.3) is 5.91 Å². The Morgan fingerprint density at radius 3 is 2.64 bits per heavy atom. The van der Waals surface area contributed by atoms with Crippen LogP contribution in [-0.2, 0) is 20.8 Å². The number of amides is 1. The summed E-state index contributed by atoms with van der Waals surface area (Å²) in [6, 6.07) is 6.12. The first-order chi connectivity index (χ1) is 13.2. The van der Waals surface area contributed by atoms with Crippen molar-refractivity contribution in [3.05, 3.63) is 23.8 Å². The van der Waals surface area contributed by atoms with Crippen LogP contribution in [0.5, 0.6) is 11.5 Å². The Balaban J connectivity index is 0.00000280. The number of benzene rings is 1. The lowest BCUT2D eigenvalue weighted by atomic mass is 10.1. The molecule has 28 heavy (non-hydrogen) atoms. The summed E-state index contributed by atoms with van der Waals surface area (Å²) in [5.74, 6) is 1.54. The monoisotopic (exact) mass is 414 g/mol. The molecule has 2 fully saturated rings. The predicted octanol–water partition coefficient (Wildman–Crippen LogP) is 2.01. The predicted molar refractivity (Wildman–Crippen MR) is 108 cm³/mol. The molecule has 0 radical (unpaired) electrons. The van der Waals surface area contributed by atoms with E-state index in [-0.39, 0.29) is 18.3 Å². The second-order valence-electron chi connectivity index (χ2n) is 6.97. The second kappa shape index (κ2) is 11.5. The van der Waals surface area contributed by atoms with E-state index in [2.05, 4.69) is 5.32 Å². The Morgan fingerprint density at radius 1 is 1.21 bits per heavy atom. The van der Waals surface area contributed by atoms with E-state index in [1.54, 1.807) is 14.2 Å². The maximum Gasteiger partial charge on any atom is 0.253 e. The highest BCUT2D eigenvalue weighted by Gasteiger charge is 2.36. The molecule has 1 amide bonds. The summed E-state index contributed by atoms with van der Waals surface area (Å²) in [7, 11) is 3.32. The molecule has 0 spiro atoms. The molecule has 7 nitrogen and oxygen atoms in total. The van der Waals surface area contributed by atoms with Crippen LogP contribution in [0.4, 0.5) is 0 Å². The van der Waals surface area contributed by atoms with Crippen molar-refractivity contribution in [3.63, 3.8) is 0 Å². The Labute approximate surface area is 173 Å². The van der Waals surface area contributed by atoms with Gasteiger partial charge in [-0.05, 0) is 30.5 Å². The summed E-state index contributed by atoms with van der Waals surface area (Å²) in [5.41, 5.74) is 1.00. The number of nitrogens with zero attached hydrogens (tertiary/aromatic N) is 1. The van der Waals surface area contributed by atoms with Gasteiger partial charge >= 0.3 is 0 Å². The number of methoxy groups -OCH3 is 2. The van der Waals surface area contributed by atoms with Gasteiger partial charge in [-0.15, -0.1) is 12.4 Å². The molecule has 2 aliphatic rings. The first-order valence-electron chi connectivity index (χ1n) is 9.63. The van der Waals surface area contributed by atoms with Crippen LogP contribution in [0.25, 0.3) is 0 Å². The van der Waals surface area contributed by atoms with E-state index in [0.29, 0.717) is 39.0 Å². The standard InChI is InChI=1S/C20H30N2O5.ClH/c1-24-7-3-8-26-18-11-15(10-17(12-18)25-2)14-22(16-4-5-16)20(23)19-13-21-6-9-27-19;/h10-12,16,19,21H,3-9,13-14H2,1-2H3;1H/t19-;/m1./s1. The fourth-order valence-electron chi connectivity index (χ4n) is 3.20. The summed E-state index contributed by atoms with van der Waals surface area (Å²) in [6.07, 6.45) is 2.53. The molecular formula is C20H31ClN2O5. The second-order valence-corrected chi connectivity index (χ2v) is 6.97. The highest BCUT2D eigenvalue weighted by Crippen LogP contribution is 2.31. The first kappa shape index (κ1) is 22.7. The summed E-state index contributed by atoms with van der Waals surface area (Å²) in [6.45, 7) is 3.73. The average Bonchev–Trinajstić information content (AvgIpc) is 3.54. The molecule has 1 saturated heterocycles. The van der Waals surface area contributed by atoms with Crippen molar-refractivity contribution in [1.29, 1.82) is 0 Å². The average molecular weight is 415 g/mol. The van der Waals surface area contributed by atoms with Gasteiger partial charge < -0.3 is 29.2 Å². The first-order valence-corrected chi connectivity index (χ1v) is 9.63. The van der Waals surface area contributed by atoms with Crippen molar-refractivity contribution >= 4 is 18.3 Å². The molecular weight excluding hydrogens is 384 g/mol. The zero-order valence-electron chi connectivity index (χ0n) is 16.6. The lowest BCUT2D eigenvalue weighted by Crippen LogP contribution is -2.49. The van der Waals surface area contributed by atoms with Crippen molar-refractivity contribution in [2.24, 2.45) is 0 Å². The number of hydrogen-bond donors (Lipinski definition) is 1. The van der Waals surface area contributed by atoms with Gasteiger partial charge in [-0.1, -0.05) is 0 Å². The van der Waals surface area contributed by atoms with Crippen LogP contribution >= 0.6 is 12.4 Å². The highest BCUT2D eigenvalue weighted by molar-refractivity contribution is 5.85. The molecule has 8 heteroatoms. The van der Waals surface area contributed by atoms with Gasteiger partial charge in [0.15, 0.2) is 0 Å². The number of morpholine rings is 1. The number of halogens is 1. The van der Waals surface area contributed by atoms with E-state index >= 15 is 0 Å². The quantitative estimate of drug-likeness (QED) is 0.591. The van der Waals surface area contributed by atoms with Gasteiger partial charge in [0, 0.05) is 51.9 Å². The van der Waals surface area contributed by atoms with E-state index in [1.165, 1.54) is 0 Å². The van der Waals surface area contributed by atoms with Gasteiger partial charge in [0.05, 0.1) is 20.3 Å². The Bertz CT molecular complexity index is 621. The zero-order valence-corrected chi connectivity index (χ0v) is 17.5. The van der Waals surface area contributed by atoms with Gasteiger partial charge in [0.2, 0.25) is 0 Å². The number of nitrogens with one attached hydrogen (secondary N) is 1. The molecule has 1 aliphatic carbocycles. The van der Waals surface area contributed by atoms with Gasteiger partial charge in [-0.3, -0.25) is 4.79 Å². The van der Waals surface area contributed by atoms with E-state index in [9.17, 15) is 4.79 Å². The summed E-state index contributed by atoms with van der Waals surface area (Å²) in [5, 5.41) is 3.23. The number of ether oxygens (including phenoxy) is 4. The van der Waals surface area contributed by atoms with Crippen molar-refractivity contribution in [1.82, 2.24) is 10.2 Å². The van der Waals surface area contributed by atoms with E-state index < -0.39 is 6.10 Å². The SMILES string of the molecule is COCCCOc1cc(CN(C(=O)[C@H]2CNCCO2)C2CC2)cc(OC)c1.Cl. The molecule has 0 unspecified atom stereocenters. The minimum absolute atomic E-state index is 0. The molecule has 1 atom stereocenters. The Hall–Kier alpha value is -1.54. The normalized spacial score (nSPS) is 18.9. The van der Waals surface area contributed by atoms with Crippen LogP contribution in [0.15, 0.2) is 18.2 Å². The third-order valence-electron chi connectivity index (χ3n) is 4.76. The van der Waals surface area contributed by atoms with Gasteiger partial charge in [-0.2, -0.15) is 0 Å². The third-order valence-corrected chi connectivity index (χ3v) is 4.76. The van der Waals surface area contributed by atoms with Gasteiger partial charge in [0.1, 0.15) is 17.6 Å². The molecule has 1 N–H and O–H groups in total. The van der Waals surface area contributed by atoms with E-state index in [4.69, 9.17) is 18.9 Å². The highest BCUT2D eigenvalue weighted by atomic mass is 35.5. The van der Waals surface area contributed by atoms with Crippen molar-refractivity contribution in [2.45, 2.75) is 38.0 Å². The fraction of sp³-hybridized carbons (Fsp3) is 0.650. The number of carbonyl (C=O) groups is 1. The van der Waals surface area contributed by atoms with Crippen LogP contribution in [0.3, 0.4) is 0 Å².